The van der Waals surface area contributed by atoms with Gasteiger partial charge in [0.15, 0.2) is 0 Å². The Hall–Kier alpha value is -7.11. The predicted molar refractivity (Wildman–Crippen MR) is 214 cm³/mol. The van der Waals surface area contributed by atoms with Gasteiger partial charge in [-0.15, -0.1) is 0 Å². The molecule has 0 amide bonds. The highest BCUT2D eigenvalue weighted by Gasteiger charge is 2.21. The van der Waals surface area contributed by atoms with Crippen molar-refractivity contribution >= 4 is 60.2 Å². The number of nitrogens with zero attached hydrogens (tertiary/aromatic N) is 5. The highest BCUT2D eigenvalue weighted by Crippen LogP contribution is 2.39. The molecule has 0 saturated heterocycles. The predicted octanol–water partition coefficient (Wildman–Crippen LogP) is 11.7. The second kappa shape index (κ2) is 11.2. The molecule has 0 atom stereocenters. The first kappa shape index (κ1) is 28.7. The maximum absolute atomic E-state index is 5.44. The monoisotopic (exact) mass is 663 g/mol. The van der Waals surface area contributed by atoms with E-state index in [0.717, 1.165) is 71.8 Å². The Morgan fingerprint density at radius 1 is 0.385 bits per heavy atom. The number of benzene rings is 7. The molecule has 0 aliphatic rings. The molecule has 0 spiro atoms. The fraction of sp³-hybridized carbons (Fsp3) is 0. The van der Waals surface area contributed by atoms with Crippen LogP contribution in [-0.2, 0) is 0 Å². The minimum atomic E-state index is 0.612. The first-order valence-corrected chi connectivity index (χ1v) is 17.5. The molecule has 4 aromatic heterocycles. The molecule has 0 saturated carbocycles. The van der Waals surface area contributed by atoms with Crippen LogP contribution in [0.1, 0.15) is 0 Å². The Labute approximate surface area is 298 Å². The molecular weight excluding hydrogens is 635 g/mol. The molecule has 7 aromatic carbocycles. The number of pyridine rings is 1. The number of aromatic nitrogens is 5. The molecule has 5 nitrogen and oxygen atoms in total. The summed E-state index contributed by atoms with van der Waals surface area (Å²) in [6.07, 6.45) is 1.87. The van der Waals surface area contributed by atoms with E-state index in [0.29, 0.717) is 5.95 Å². The van der Waals surface area contributed by atoms with Crippen LogP contribution < -0.4 is 0 Å². The number of rotatable bonds is 4. The van der Waals surface area contributed by atoms with E-state index in [9.17, 15) is 0 Å². The summed E-state index contributed by atoms with van der Waals surface area (Å²) in [5, 5.41) is 5.79. The lowest BCUT2D eigenvalue weighted by Gasteiger charge is -2.10. The summed E-state index contributed by atoms with van der Waals surface area (Å²) in [7, 11) is 0. The van der Waals surface area contributed by atoms with Crippen LogP contribution in [-0.4, -0.2) is 23.9 Å². The summed E-state index contributed by atoms with van der Waals surface area (Å²) in [6.45, 7) is 0. The Kier molecular flexibility index (Phi) is 6.18. The van der Waals surface area contributed by atoms with Gasteiger partial charge in [0, 0.05) is 33.3 Å². The third-order valence-corrected chi connectivity index (χ3v) is 10.4. The lowest BCUT2D eigenvalue weighted by Crippen LogP contribution is -2.02. The standard InChI is InChI=1S/C47H29N5/c1-2-11-30(12-3-1)31-21-23-32(24-22-31)33-13-10-14-34(29-33)40-27-28-48-47(49-40)52-42-20-9-7-17-37(42)38-25-26-43-44(45(38)52)50-46-39-18-5-4-15-35(39)36-16-6-8-19-41(36)51(43)46/h1-29H. The van der Waals surface area contributed by atoms with Crippen molar-refractivity contribution < 1.29 is 0 Å². The van der Waals surface area contributed by atoms with E-state index in [4.69, 9.17) is 15.0 Å². The minimum Gasteiger partial charge on any atom is -0.292 e. The van der Waals surface area contributed by atoms with Gasteiger partial charge < -0.3 is 0 Å². The van der Waals surface area contributed by atoms with Crippen LogP contribution in [0.2, 0.25) is 0 Å². The molecule has 0 fully saturated rings. The van der Waals surface area contributed by atoms with Gasteiger partial charge in [0.05, 0.1) is 27.8 Å². The van der Waals surface area contributed by atoms with Gasteiger partial charge >= 0.3 is 0 Å². The van der Waals surface area contributed by atoms with Gasteiger partial charge in [-0.3, -0.25) is 8.97 Å². The third kappa shape index (κ3) is 4.26. The van der Waals surface area contributed by atoms with Gasteiger partial charge in [-0.1, -0.05) is 133 Å². The summed E-state index contributed by atoms with van der Waals surface area (Å²) < 4.78 is 4.50. The lowest BCUT2D eigenvalue weighted by molar-refractivity contribution is 0.993. The van der Waals surface area contributed by atoms with Gasteiger partial charge in [0.1, 0.15) is 11.2 Å². The molecule has 52 heavy (non-hydrogen) atoms. The van der Waals surface area contributed by atoms with Crippen molar-refractivity contribution in [3.05, 3.63) is 176 Å². The van der Waals surface area contributed by atoms with Crippen LogP contribution in [0.3, 0.4) is 0 Å². The fourth-order valence-corrected chi connectivity index (χ4v) is 7.99. The highest BCUT2D eigenvalue weighted by atomic mass is 15.2. The number of fused-ring (bicyclic) bond motifs is 12. The molecule has 5 heteroatoms. The van der Waals surface area contributed by atoms with E-state index in [2.05, 4.69) is 167 Å². The van der Waals surface area contributed by atoms with E-state index in [1.54, 1.807) is 0 Å². The van der Waals surface area contributed by atoms with Gasteiger partial charge in [0.25, 0.3) is 0 Å². The average molecular weight is 664 g/mol. The number of hydrogen-bond donors (Lipinski definition) is 0. The summed E-state index contributed by atoms with van der Waals surface area (Å²) in [6, 6.07) is 59.9. The fourth-order valence-electron chi connectivity index (χ4n) is 7.99. The lowest BCUT2D eigenvalue weighted by atomic mass is 9.98. The maximum atomic E-state index is 5.44. The van der Waals surface area contributed by atoms with E-state index in [1.807, 2.05) is 18.3 Å². The average Bonchev–Trinajstić information content (AvgIpc) is 3.79. The van der Waals surface area contributed by atoms with Crippen LogP contribution in [0.5, 0.6) is 0 Å². The number of para-hydroxylation sites is 2. The molecule has 0 aliphatic carbocycles. The van der Waals surface area contributed by atoms with Gasteiger partial charge in [-0.05, 0) is 64.0 Å². The Morgan fingerprint density at radius 3 is 1.81 bits per heavy atom. The van der Waals surface area contributed by atoms with Crippen molar-refractivity contribution in [3.8, 4) is 39.5 Å². The molecule has 242 valence electrons. The van der Waals surface area contributed by atoms with E-state index in [-0.39, 0.29) is 0 Å². The Balaban J connectivity index is 1.11. The maximum Gasteiger partial charge on any atom is 0.235 e. The smallest absolute Gasteiger partial charge is 0.235 e. The van der Waals surface area contributed by atoms with E-state index >= 15 is 0 Å². The van der Waals surface area contributed by atoms with Crippen LogP contribution >= 0.6 is 0 Å². The van der Waals surface area contributed by atoms with Crippen molar-refractivity contribution in [1.29, 1.82) is 0 Å². The van der Waals surface area contributed by atoms with Gasteiger partial charge in [0.2, 0.25) is 5.95 Å². The molecule has 4 heterocycles. The summed E-state index contributed by atoms with van der Waals surface area (Å²) in [5.41, 5.74) is 12.7. The topological polar surface area (TPSA) is 48.0 Å². The van der Waals surface area contributed by atoms with Gasteiger partial charge in [-0.25, -0.2) is 15.0 Å². The van der Waals surface area contributed by atoms with Crippen LogP contribution in [0.4, 0.5) is 0 Å². The third-order valence-electron chi connectivity index (χ3n) is 10.4. The summed E-state index contributed by atoms with van der Waals surface area (Å²) in [5.74, 6) is 0.612. The number of imidazole rings is 1. The van der Waals surface area contributed by atoms with Crippen LogP contribution in [0.15, 0.2) is 176 Å². The van der Waals surface area contributed by atoms with Crippen molar-refractivity contribution in [2.75, 3.05) is 0 Å². The molecule has 0 N–H and O–H groups in total. The van der Waals surface area contributed by atoms with Crippen LogP contribution in [0.25, 0.3) is 99.6 Å². The van der Waals surface area contributed by atoms with Crippen molar-refractivity contribution in [3.63, 3.8) is 0 Å². The largest absolute Gasteiger partial charge is 0.292 e. The quantitative estimate of drug-likeness (QED) is 0.176. The summed E-state index contributed by atoms with van der Waals surface area (Å²) in [4.78, 5) is 15.6. The Morgan fingerprint density at radius 2 is 1.00 bits per heavy atom. The Bertz CT molecular complexity index is 3170. The zero-order valence-electron chi connectivity index (χ0n) is 28.0. The molecule has 0 aliphatic heterocycles. The molecule has 0 unspecified atom stereocenters. The number of hydrogen-bond acceptors (Lipinski definition) is 3. The van der Waals surface area contributed by atoms with Crippen molar-refractivity contribution in [2.24, 2.45) is 0 Å². The van der Waals surface area contributed by atoms with Gasteiger partial charge in [-0.2, -0.15) is 0 Å². The van der Waals surface area contributed by atoms with Crippen molar-refractivity contribution in [2.45, 2.75) is 0 Å². The highest BCUT2D eigenvalue weighted by molar-refractivity contribution is 6.20. The SMILES string of the molecule is c1ccc(-c2ccc(-c3cccc(-c4ccnc(-n5c6ccccc6c6ccc7c(nc8c9ccccc9c9ccccc9n78)c65)n4)c3)cc2)cc1. The molecule has 11 aromatic rings. The zero-order valence-corrected chi connectivity index (χ0v) is 28.0. The molecule has 0 radical (unpaired) electrons. The van der Waals surface area contributed by atoms with Crippen LogP contribution in [0, 0.1) is 0 Å². The molecule has 0 bridgehead atoms. The summed E-state index contributed by atoms with van der Waals surface area (Å²) >= 11 is 0. The first-order chi connectivity index (χ1) is 25.8. The molecular formula is C47H29N5. The second-order valence-electron chi connectivity index (χ2n) is 13.3. The van der Waals surface area contributed by atoms with Crippen molar-refractivity contribution in [1.82, 2.24) is 23.9 Å². The molecule has 11 rings (SSSR count). The first-order valence-electron chi connectivity index (χ1n) is 17.5. The minimum absolute atomic E-state index is 0.612. The second-order valence-corrected chi connectivity index (χ2v) is 13.3. The van der Waals surface area contributed by atoms with E-state index < -0.39 is 0 Å². The van der Waals surface area contributed by atoms with E-state index in [1.165, 1.54) is 21.9 Å². The normalized spacial score (nSPS) is 11.8. The zero-order chi connectivity index (χ0) is 34.2.